The van der Waals surface area contributed by atoms with Gasteiger partial charge in [0.2, 0.25) is 17.6 Å². The third kappa shape index (κ3) is 3.32. The van der Waals surface area contributed by atoms with E-state index in [0.717, 1.165) is 19.3 Å². The molecule has 5 nitrogen and oxygen atoms in total. The number of halogens is 3. The quantitative estimate of drug-likeness (QED) is 0.766. The molecule has 3 fully saturated rings. The van der Waals surface area contributed by atoms with E-state index < -0.39 is 5.92 Å². The van der Waals surface area contributed by atoms with Crippen molar-refractivity contribution in [2.45, 2.75) is 43.9 Å². The zero-order valence-electron chi connectivity index (χ0n) is 15.9. The second kappa shape index (κ2) is 6.85. The molecular weight excluding hydrogens is 383 g/mol. The normalized spacial score (nSPS) is 30.7. The molecule has 5 rings (SSSR count). The van der Waals surface area contributed by atoms with Crippen LogP contribution in [0.3, 0.4) is 0 Å². The molecule has 1 saturated heterocycles. The number of amides is 1. The van der Waals surface area contributed by atoms with E-state index in [9.17, 15) is 18.0 Å². The van der Waals surface area contributed by atoms with Gasteiger partial charge in [0, 0.05) is 31.5 Å². The Morgan fingerprint density at radius 3 is 2.52 bits per heavy atom. The number of alkyl halides is 2. The highest BCUT2D eigenvalue weighted by molar-refractivity contribution is 5.81. The van der Waals surface area contributed by atoms with Gasteiger partial charge in [-0.25, -0.2) is 13.2 Å². The van der Waals surface area contributed by atoms with Gasteiger partial charge in [0.1, 0.15) is 5.82 Å². The Hall–Kier alpha value is -2.38. The number of rotatable bonds is 3. The Balaban J connectivity index is 1.39. The van der Waals surface area contributed by atoms with Gasteiger partial charge < -0.3 is 9.42 Å². The molecule has 2 heterocycles. The summed E-state index contributed by atoms with van der Waals surface area (Å²) < 4.78 is 45.7. The van der Waals surface area contributed by atoms with Gasteiger partial charge in [0.05, 0.1) is 11.8 Å². The van der Waals surface area contributed by atoms with E-state index in [-0.39, 0.29) is 55.4 Å². The third-order valence-corrected chi connectivity index (χ3v) is 6.84. The number of fused-ring (bicyclic) bond motifs is 2. The van der Waals surface area contributed by atoms with Gasteiger partial charge in [-0.2, -0.15) is 4.98 Å². The molecule has 1 aromatic heterocycles. The first-order chi connectivity index (χ1) is 13.9. The van der Waals surface area contributed by atoms with Crippen LogP contribution < -0.4 is 0 Å². The molecule has 1 aromatic carbocycles. The summed E-state index contributed by atoms with van der Waals surface area (Å²) in [4.78, 5) is 19.4. The maximum Gasteiger partial charge on any atom is 0.251 e. The van der Waals surface area contributed by atoms with Crippen molar-refractivity contribution in [3.05, 3.63) is 36.0 Å². The number of benzene rings is 1. The summed E-state index contributed by atoms with van der Waals surface area (Å²) in [6, 6.07) is 5.84. The van der Waals surface area contributed by atoms with Crippen LogP contribution in [0.15, 0.2) is 28.8 Å². The summed E-state index contributed by atoms with van der Waals surface area (Å²) in [5.74, 6) is -2.22. The van der Waals surface area contributed by atoms with E-state index in [1.165, 1.54) is 12.1 Å². The minimum Gasteiger partial charge on any atom is -0.342 e. The number of carbonyl (C=O) groups is 1. The Labute approximate surface area is 166 Å². The fourth-order valence-corrected chi connectivity index (χ4v) is 5.35. The lowest BCUT2D eigenvalue weighted by Gasteiger charge is -2.36. The SMILES string of the molecule is O=C([C@H]1[C@H]2CC[C@H](C2)[C@@H]1c1nc(-c2ccc(F)cc2)no1)N1CCC(F)(F)CC1. The average Bonchev–Trinajstić information content (AvgIpc) is 3.43. The number of aromatic nitrogens is 2. The maximum atomic E-state index is 13.5. The van der Waals surface area contributed by atoms with Crippen LogP contribution >= 0.6 is 0 Å². The number of hydrogen-bond donors (Lipinski definition) is 0. The number of hydrogen-bond acceptors (Lipinski definition) is 4. The first-order valence-electron chi connectivity index (χ1n) is 10.2. The number of nitrogens with zero attached hydrogens (tertiary/aromatic N) is 3. The van der Waals surface area contributed by atoms with Crippen LogP contribution in [0.1, 0.15) is 43.9 Å². The zero-order valence-corrected chi connectivity index (χ0v) is 15.9. The third-order valence-electron chi connectivity index (χ3n) is 6.84. The van der Waals surface area contributed by atoms with Crippen molar-refractivity contribution < 1.29 is 22.5 Å². The molecule has 154 valence electrons. The van der Waals surface area contributed by atoms with Crippen LogP contribution in [-0.2, 0) is 4.79 Å². The highest BCUT2D eigenvalue weighted by Gasteiger charge is 2.55. The molecule has 1 amide bonds. The zero-order chi connectivity index (χ0) is 20.2. The van der Waals surface area contributed by atoms with Crippen LogP contribution in [0.4, 0.5) is 13.2 Å². The summed E-state index contributed by atoms with van der Waals surface area (Å²) in [5, 5.41) is 4.04. The summed E-state index contributed by atoms with van der Waals surface area (Å²) in [6.07, 6.45) is 2.35. The molecule has 2 aromatic rings. The number of likely N-dealkylation sites (tertiary alicyclic amines) is 1. The maximum absolute atomic E-state index is 13.5. The summed E-state index contributed by atoms with van der Waals surface area (Å²) in [7, 11) is 0. The molecule has 4 atom stereocenters. The first kappa shape index (κ1) is 18.6. The minimum atomic E-state index is -2.68. The smallest absolute Gasteiger partial charge is 0.251 e. The van der Waals surface area contributed by atoms with Crippen molar-refractivity contribution >= 4 is 5.91 Å². The second-order valence-electron chi connectivity index (χ2n) is 8.53. The molecule has 2 saturated carbocycles. The van der Waals surface area contributed by atoms with Gasteiger partial charge in [-0.05, 0) is 55.4 Å². The molecule has 0 spiro atoms. The van der Waals surface area contributed by atoms with Gasteiger partial charge in [-0.15, -0.1) is 0 Å². The molecule has 2 aliphatic carbocycles. The largest absolute Gasteiger partial charge is 0.342 e. The van der Waals surface area contributed by atoms with Crippen molar-refractivity contribution in [2.24, 2.45) is 17.8 Å². The predicted molar refractivity (Wildman–Crippen MR) is 97.5 cm³/mol. The summed E-state index contributed by atoms with van der Waals surface area (Å²) in [6.45, 7) is 0.189. The van der Waals surface area contributed by atoms with Gasteiger partial charge in [-0.3, -0.25) is 4.79 Å². The summed E-state index contributed by atoms with van der Waals surface area (Å²) >= 11 is 0. The predicted octanol–water partition coefficient (Wildman–Crippen LogP) is 4.26. The fourth-order valence-electron chi connectivity index (χ4n) is 5.35. The highest BCUT2D eigenvalue weighted by Crippen LogP contribution is 2.57. The monoisotopic (exact) mass is 405 g/mol. The van der Waals surface area contributed by atoms with Crippen molar-refractivity contribution in [3.8, 4) is 11.4 Å². The van der Waals surface area contributed by atoms with Gasteiger partial charge >= 0.3 is 0 Å². The lowest BCUT2D eigenvalue weighted by atomic mass is 9.78. The molecule has 0 radical (unpaired) electrons. The van der Waals surface area contributed by atoms with Crippen LogP contribution in [0.25, 0.3) is 11.4 Å². The van der Waals surface area contributed by atoms with E-state index in [0.29, 0.717) is 23.2 Å². The van der Waals surface area contributed by atoms with Gasteiger partial charge in [0.25, 0.3) is 5.92 Å². The lowest BCUT2D eigenvalue weighted by Crippen LogP contribution is -2.47. The van der Waals surface area contributed by atoms with E-state index >= 15 is 0 Å². The highest BCUT2D eigenvalue weighted by atomic mass is 19.3. The Morgan fingerprint density at radius 2 is 1.79 bits per heavy atom. The number of carbonyl (C=O) groups excluding carboxylic acids is 1. The van der Waals surface area contributed by atoms with Crippen LogP contribution in [0, 0.1) is 23.6 Å². The fraction of sp³-hybridized carbons (Fsp3) is 0.571. The minimum absolute atomic E-state index is 0.0563. The molecule has 0 N–H and O–H groups in total. The van der Waals surface area contributed by atoms with Crippen molar-refractivity contribution in [1.29, 1.82) is 0 Å². The Bertz CT molecular complexity index is 904. The van der Waals surface area contributed by atoms with E-state index in [1.54, 1.807) is 17.0 Å². The van der Waals surface area contributed by atoms with Crippen LogP contribution in [-0.4, -0.2) is 40.0 Å². The molecule has 29 heavy (non-hydrogen) atoms. The standard InChI is InChI=1S/C21H22F3N3O2/c22-15-5-3-12(4-6-15)18-25-19(29-26-18)16-13-1-2-14(11-13)17(16)20(28)27-9-7-21(23,24)8-10-27/h3-6,13-14,16-17H,1-2,7-11H2/t13-,14+,16+,17+/m1/s1. The average molecular weight is 405 g/mol. The molecule has 0 unspecified atom stereocenters. The Kier molecular flexibility index (Phi) is 4.40. The number of piperidine rings is 1. The molecule has 8 heteroatoms. The van der Waals surface area contributed by atoms with Crippen molar-refractivity contribution in [2.75, 3.05) is 13.1 Å². The van der Waals surface area contributed by atoms with E-state index in [1.807, 2.05) is 0 Å². The van der Waals surface area contributed by atoms with Gasteiger partial charge in [0.15, 0.2) is 0 Å². The van der Waals surface area contributed by atoms with Crippen molar-refractivity contribution in [1.82, 2.24) is 15.0 Å². The summed E-state index contributed by atoms with van der Waals surface area (Å²) in [5.41, 5.74) is 0.644. The molecular formula is C21H22F3N3O2. The van der Waals surface area contributed by atoms with Gasteiger partial charge in [-0.1, -0.05) is 5.16 Å². The van der Waals surface area contributed by atoms with Crippen LogP contribution in [0.2, 0.25) is 0 Å². The molecule has 2 bridgehead atoms. The molecule has 3 aliphatic rings. The van der Waals surface area contributed by atoms with Crippen LogP contribution in [0.5, 0.6) is 0 Å². The molecule has 1 aliphatic heterocycles. The topological polar surface area (TPSA) is 59.2 Å². The second-order valence-corrected chi connectivity index (χ2v) is 8.53. The van der Waals surface area contributed by atoms with E-state index in [4.69, 9.17) is 4.52 Å². The van der Waals surface area contributed by atoms with E-state index in [2.05, 4.69) is 10.1 Å². The lowest BCUT2D eigenvalue weighted by molar-refractivity contribution is -0.144. The van der Waals surface area contributed by atoms with Crippen molar-refractivity contribution in [3.63, 3.8) is 0 Å². The Morgan fingerprint density at radius 1 is 1.10 bits per heavy atom. The first-order valence-corrected chi connectivity index (χ1v) is 10.2.